The summed E-state index contributed by atoms with van der Waals surface area (Å²) < 4.78 is 0. The van der Waals surface area contributed by atoms with Crippen molar-refractivity contribution in [1.82, 2.24) is 9.80 Å². The second-order valence-corrected chi connectivity index (χ2v) is 5.60. The Labute approximate surface area is 93.6 Å². The Kier molecular flexibility index (Phi) is 3.33. The van der Waals surface area contributed by atoms with Crippen molar-refractivity contribution in [2.75, 3.05) is 33.7 Å². The zero-order valence-corrected chi connectivity index (χ0v) is 10.2. The number of nitrogens with zero attached hydrogens (tertiary/aromatic N) is 2. The van der Waals surface area contributed by atoms with E-state index >= 15 is 0 Å². The highest BCUT2D eigenvalue weighted by molar-refractivity contribution is 5.05. The molecule has 0 atom stereocenters. The van der Waals surface area contributed by atoms with Crippen LogP contribution in [0.5, 0.6) is 0 Å². The van der Waals surface area contributed by atoms with Crippen LogP contribution in [0.3, 0.4) is 0 Å². The van der Waals surface area contributed by atoms with Crippen LogP contribution in [0.2, 0.25) is 0 Å². The number of hydrogen-bond acceptors (Lipinski definition) is 3. The lowest BCUT2D eigenvalue weighted by Gasteiger charge is -2.37. The van der Waals surface area contributed by atoms with E-state index in [9.17, 15) is 0 Å². The van der Waals surface area contributed by atoms with E-state index < -0.39 is 0 Å². The molecule has 0 spiro atoms. The highest BCUT2D eigenvalue weighted by Gasteiger charge is 2.47. The monoisotopic (exact) mass is 211 g/mol. The van der Waals surface area contributed by atoms with Gasteiger partial charge >= 0.3 is 0 Å². The maximum atomic E-state index is 5.95. The predicted molar refractivity (Wildman–Crippen MR) is 63.9 cm³/mol. The Morgan fingerprint density at radius 3 is 2.33 bits per heavy atom. The molecule has 3 heteroatoms. The minimum Gasteiger partial charge on any atom is -0.328 e. The van der Waals surface area contributed by atoms with Gasteiger partial charge in [0.15, 0.2) is 0 Å². The van der Waals surface area contributed by atoms with E-state index in [1.807, 2.05) is 0 Å². The summed E-state index contributed by atoms with van der Waals surface area (Å²) in [6.45, 7) is 3.69. The molecule has 0 bridgehead atoms. The van der Waals surface area contributed by atoms with Crippen molar-refractivity contribution >= 4 is 0 Å². The Morgan fingerprint density at radius 1 is 1.27 bits per heavy atom. The van der Waals surface area contributed by atoms with Gasteiger partial charge in [-0.25, -0.2) is 0 Å². The molecule has 0 amide bonds. The van der Waals surface area contributed by atoms with Crippen molar-refractivity contribution in [3.05, 3.63) is 0 Å². The molecule has 0 aromatic heterocycles. The Balaban J connectivity index is 1.81. The third-order valence-electron chi connectivity index (χ3n) is 4.06. The van der Waals surface area contributed by atoms with Crippen molar-refractivity contribution in [1.29, 1.82) is 0 Å². The zero-order valence-electron chi connectivity index (χ0n) is 10.2. The molecule has 2 aliphatic rings. The molecule has 2 rings (SSSR count). The van der Waals surface area contributed by atoms with Gasteiger partial charge in [0.2, 0.25) is 0 Å². The van der Waals surface area contributed by atoms with Crippen molar-refractivity contribution in [2.45, 2.75) is 43.7 Å². The van der Waals surface area contributed by atoms with E-state index in [1.54, 1.807) is 0 Å². The van der Waals surface area contributed by atoms with E-state index in [4.69, 9.17) is 5.73 Å². The van der Waals surface area contributed by atoms with Crippen LogP contribution in [-0.4, -0.2) is 55.1 Å². The van der Waals surface area contributed by atoms with Gasteiger partial charge in [-0.1, -0.05) is 0 Å². The molecule has 0 aromatic carbocycles. The number of nitrogens with two attached hydrogens (primary N) is 1. The van der Waals surface area contributed by atoms with Crippen LogP contribution in [0.25, 0.3) is 0 Å². The number of likely N-dealkylation sites (tertiary alicyclic amines) is 1. The van der Waals surface area contributed by atoms with Gasteiger partial charge in [-0.15, -0.1) is 0 Å². The summed E-state index contributed by atoms with van der Waals surface area (Å²) in [5, 5.41) is 0. The SMILES string of the molecule is CN(C)CCC1(N2CCC(N)CC2)CC1. The van der Waals surface area contributed by atoms with Crippen LogP contribution in [-0.2, 0) is 0 Å². The molecule has 88 valence electrons. The molecule has 2 N–H and O–H groups in total. The lowest BCUT2D eigenvalue weighted by atomic mass is 10.0. The van der Waals surface area contributed by atoms with E-state index in [-0.39, 0.29) is 0 Å². The number of piperidine rings is 1. The molecule has 0 unspecified atom stereocenters. The summed E-state index contributed by atoms with van der Waals surface area (Å²) in [5.74, 6) is 0. The van der Waals surface area contributed by atoms with Gasteiger partial charge in [-0.2, -0.15) is 0 Å². The Hall–Kier alpha value is -0.120. The van der Waals surface area contributed by atoms with Gasteiger partial charge in [0.25, 0.3) is 0 Å². The minimum absolute atomic E-state index is 0.464. The molecule has 15 heavy (non-hydrogen) atoms. The average molecular weight is 211 g/mol. The van der Waals surface area contributed by atoms with Crippen LogP contribution in [0, 0.1) is 0 Å². The molecule has 1 saturated carbocycles. The van der Waals surface area contributed by atoms with Crippen molar-refractivity contribution in [3.8, 4) is 0 Å². The van der Waals surface area contributed by atoms with Crippen LogP contribution >= 0.6 is 0 Å². The molecule has 1 aliphatic heterocycles. The van der Waals surface area contributed by atoms with Gasteiger partial charge in [0, 0.05) is 24.7 Å². The van der Waals surface area contributed by atoms with Gasteiger partial charge in [0.05, 0.1) is 0 Å². The third kappa shape index (κ3) is 2.71. The molecule has 2 fully saturated rings. The molecular weight excluding hydrogens is 186 g/mol. The lowest BCUT2D eigenvalue weighted by Crippen LogP contribution is -2.47. The average Bonchev–Trinajstić information content (AvgIpc) is 2.97. The van der Waals surface area contributed by atoms with E-state index in [1.165, 1.54) is 51.7 Å². The molecular formula is C12H25N3. The highest BCUT2D eigenvalue weighted by Crippen LogP contribution is 2.45. The van der Waals surface area contributed by atoms with Crippen LogP contribution < -0.4 is 5.73 Å². The minimum atomic E-state index is 0.464. The first-order chi connectivity index (χ1) is 7.12. The van der Waals surface area contributed by atoms with Crippen molar-refractivity contribution < 1.29 is 0 Å². The van der Waals surface area contributed by atoms with E-state index in [2.05, 4.69) is 23.9 Å². The third-order valence-corrected chi connectivity index (χ3v) is 4.06. The molecule has 0 aromatic rings. The largest absolute Gasteiger partial charge is 0.328 e. The molecule has 1 heterocycles. The number of hydrogen-bond donors (Lipinski definition) is 1. The molecule has 0 radical (unpaired) electrons. The fraction of sp³-hybridized carbons (Fsp3) is 1.00. The lowest BCUT2D eigenvalue weighted by molar-refractivity contribution is 0.121. The molecule has 1 saturated heterocycles. The first-order valence-corrected chi connectivity index (χ1v) is 6.28. The first kappa shape index (κ1) is 11.4. The van der Waals surface area contributed by atoms with Crippen molar-refractivity contribution in [2.24, 2.45) is 5.73 Å². The van der Waals surface area contributed by atoms with Crippen LogP contribution in [0.15, 0.2) is 0 Å². The normalized spacial score (nSPS) is 27.2. The first-order valence-electron chi connectivity index (χ1n) is 6.28. The molecule has 1 aliphatic carbocycles. The Morgan fingerprint density at radius 2 is 1.87 bits per heavy atom. The van der Waals surface area contributed by atoms with E-state index in [0.717, 1.165) is 0 Å². The maximum Gasteiger partial charge on any atom is 0.0223 e. The quantitative estimate of drug-likeness (QED) is 0.750. The maximum absolute atomic E-state index is 5.95. The van der Waals surface area contributed by atoms with Gasteiger partial charge in [0.1, 0.15) is 0 Å². The highest BCUT2D eigenvalue weighted by atomic mass is 15.2. The summed E-state index contributed by atoms with van der Waals surface area (Å²) in [6, 6.07) is 0.464. The second kappa shape index (κ2) is 4.40. The summed E-state index contributed by atoms with van der Waals surface area (Å²) in [7, 11) is 4.34. The smallest absolute Gasteiger partial charge is 0.0223 e. The van der Waals surface area contributed by atoms with Gasteiger partial charge < -0.3 is 10.6 Å². The van der Waals surface area contributed by atoms with Crippen molar-refractivity contribution in [3.63, 3.8) is 0 Å². The topological polar surface area (TPSA) is 32.5 Å². The van der Waals surface area contributed by atoms with Gasteiger partial charge in [-0.05, 0) is 52.7 Å². The van der Waals surface area contributed by atoms with Crippen LogP contribution in [0.4, 0.5) is 0 Å². The standard InChI is InChI=1S/C12H25N3/c1-14(2)10-7-12(5-6-12)15-8-3-11(13)4-9-15/h11H,3-10,13H2,1-2H3. The zero-order chi connectivity index (χ0) is 10.9. The van der Waals surface area contributed by atoms with E-state index in [0.29, 0.717) is 11.6 Å². The summed E-state index contributed by atoms with van der Waals surface area (Å²) >= 11 is 0. The predicted octanol–water partition coefficient (Wildman–Crippen LogP) is 0.894. The Bertz CT molecular complexity index is 203. The van der Waals surface area contributed by atoms with Gasteiger partial charge in [-0.3, -0.25) is 4.90 Å². The summed E-state index contributed by atoms with van der Waals surface area (Å²) in [4.78, 5) is 5.01. The van der Waals surface area contributed by atoms with Crippen LogP contribution in [0.1, 0.15) is 32.1 Å². The fourth-order valence-corrected chi connectivity index (χ4v) is 2.67. The second-order valence-electron chi connectivity index (χ2n) is 5.60. The summed E-state index contributed by atoms with van der Waals surface area (Å²) in [5.41, 5.74) is 6.52. The fourth-order valence-electron chi connectivity index (χ4n) is 2.67. The summed E-state index contributed by atoms with van der Waals surface area (Å²) in [6.07, 6.45) is 6.56. The molecule has 3 nitrogen and oxygen atoms in total. The number of rotatable bonds is 4.